The number of piperidine rings is 1. The summed E-state index contributed by atoms with van der Waals surface area (Å²) in [7, 11) is 3.60. The Kier molecular flexibility index (Phi) is 4.68. The summed E-state index contributed by atoms with van der Waals surface area (Å²) >= 11 is 0. The van der Waals surface area contributed by atoms with E-state index >= 15 is 0 Å². The van der Waals surface area contributed by atoms with Gasteiger partial charge in [-0.1, -0.05) is 12.1 Å². The van der Waals surface area contributed by atoms with Gasteiger partial charge in [-0.25, -0.2) is 0 Å². The van der Waals surface area contributed by atoms with E-state index in [-0.39, 0.29) is 17.5 Å². The minimum atomic E-state index is -1.62. The van der Waals surface area contributed by atoms with Crippen LogP contribution in [0.25, 0.3) is 0 Å². The lowest BCUT2D eigenvalue weighted by molar-refractivity contribution is 0.0794. The van der Waals surface area contributed by atoms with Crippen LogP contribution < -0.4 is 4.74 Å². The summed E-state index contributed by atoms with van der Waals surface area (Å²) in [5.74, 6) is -0.451. The van der Waals surface area contributed by atoms with Crippen LogP contribution in [0.2, 0.25) is 0 Å². The van der Waals surface area contributed by atoms with Crippen molar-refractivity contribution < 1.29 is 4.74 Å². The Morgan fingerprint density at radius 3 is 2.35 bits per heavy atom. The minimum absolute atomic E-state index is 0.00868. The zero-order valence-electron chi connectivity index (χ0n) is 14.9. The topological polar surface area (TPSA) is 108 Å². The maximum Gasteiger partial charge on any atom is 0.189 e. The van der Waals surface area contributed by atoms with Gasteiger partial charge in [-0.2, -0.15) is 15.8 Å². The average molecular weight is 347 g/mol. The van der Waals surface area contributed by atoms with Crippen molar-refractivity contribution in [2.45, 2.75) is 12.3 Å². The summed E-state index contributed by atoms with van der Waals surface area (Å²) in [6.45, 7) is 1.56. The lowest BCUT2D eigenvalue weighted by Crippen LogP contribution is -2.56. The number of fused-ring (bicyclic) bond motifs is 1. The summed E-state index contributed by atoms with van der Waals surface area (Å²) in [5.41, 5.74) is -0.814. The monoisotopic (exact) mass is 347 g/mol. The lowest BCUT2D eigenvalue weighted by atomic mass is 9.51. The molecular weight excluding hydrogens is 326 g/mol. The average Bonchev–Trinajstić information content (AvgIpc) is 2.67. The molecule has 0 amide bonds. The highest BCUT2D eigenvalue weighted by atomic mass is 16.5. The van der Waals surface area contributed by atoms with Crippen LogP contribution in [0.3, 0.4) is 0 Å². The summed E-state index contributed by atoms with van der Waals surface area (Å²) < 4.78 is 5.22. The Bertz CT molecular complexity index is 812. The molecule has 0 radical (unpaired) electrons. The molecule has 1 heterocycles. The summed E-state index contributed by atoms with van der Waals surface area (Å²) in [5, 5.41) is 38.2. The quantitative estimate of drug-likeness (QED) is 0.884. The predicted molar refractivity (Wildman–Crippen MR) is 95.3 cm³/mol. The summed E-state index contributed by atoms with van der Waals surface area (Å²) in [6, 6.07) is 13.8. The van der Waals surface area contributed by atoms with Gasteiger partial charge in [-0.05, 0) is 49.5 Å². The Morgan fingerprint density at radius 1 is 1.15 bits per heavy atom. The number of nitriles is 3. The van der Waals surface area contributed by atoms with E-state index in [4.69, 9.17) is 10.1 Å². The number of likely N-dealkylation sites (tertiary alicyclic amines) is 1. The maximum absolute atomic E-state index is 9.95. The van der Waals surface area contributed by atoms with Gasteiger partial charge in [-0.3, -0.25) is 0 Å². The second-order valence-electron chi connectivity index (χ2n) is 7.18. The van der Waals surface area contributed by atoms with Crippen molar-refractivity contribution in [3.63, 3.8) is 0 Å². The van der Waals surface area contributed by atoms with E-state index in [0.717, 1.165) is 18.5 Å². The van der Waals surface area contributed by atoms with E-state index in [1.165, 1.54) is 0 Å². The first kappa shape index (κ1) is 17.9. The SMILES string of the molecule is COc1ccc([C@H]2[C@@H]3CN(C)CC[C@H]3C(C#N)C(=N)C2(C#N)C#N)cc1. The fraction of sp³-hybridized carbons (Fsp3) is 0.500. The van der Waals surface area contributed by atoms with E-state index in [0.29, 0.717) is 12.3 Å². The van der Waals surface area contributed by atoms with Gasteiger partial charge in [0.05, 0.1) is 36.9 Å². The normalized spacial score (nSPS) is 30.3. The third-order valence-electron chi connectivity index (χ3n) is 5.94. The van der Waals surface area contributed by atoms with Crippen LogP contribution in [-0.4, -0.2) is 37.9 Å². The van der Waals surface area contributed by atoms with E-state index in [1.54, 1.807) is 7.11 Å². The smallest absolute Gasteiger partial charge is 0.189 e. The first-order valence-electron chi connectivity index (χ1n) is 8.66. The van der Waals surface area contributed by atoms with Gasteiger partial charge in [0.1, 0.15) is 5.75 Å². The van der Waals surface area contributed by atoms with Crippen LogP contribution >= 0.6 is 0 Å². The number of hydrogen-bond acceptors (Lipinski definition) is 6. The number of nitrogens with one attached hydrogen (secondary N) is 1. The molecule has 1 N–H and O–H groups in total. The van der Waals surface area contributed by atoms with Crippen molar-refractivity contribution in [2.75, 3.05) is 27.2 Å². The van der Waals surface area contributed by atoms with Crippen molar-refractivity contribution in [3.8, 4) is 24.0 Å². The van der Waals surface area contributed by atoms with Gasteiger partial charge in [-0.15, -0.1) is 0 Å². The third-order valence-corrected chi connectivity index (χ3v) is 5.94. The molecule has 1 aliphatic heterocycles. The van der Waals surface area contributed by atoms with Crippen LogP contribution in [0.1, 0.15) is 17.9 Å². The Morgan fingerprint density at radius 2 is 1.81 bits per heavy atom. The van der Waals surface area contributed by atoms with Gasteiger partial charge in [0.2, 0.25) is 0 Å². The predicted octanol–water partition coefficient (Wildman–Crippen LogP) is 2.55. The van der Waals surface area contributed by atoms with E-state index in [1.807, 2.05) is 31.3 Å². The molecule has 0 spiro atoms. The number of nitrogens with zero attached hydrogens (tertiary/aromatic N) is 4. The van der Waals surface area contributed by atoms with Crippen LogP contribution in [0.15, 0.2) is 24.3 Å². The molecule has 1 unspecified atom stereocenters. The molecule has 6 nitrogen and oxygen atoms in total. The van der Waals surface area contributed by atoms with Gasteiger partial charge < -0.3 is 15.0 Å². The molecule has 4 atom stereocenters. The first-order chi connectivity index (χ1) is 12.5. The van der Waals surface area contributed by atoms with Crippen LogP contribution in [-0.2, 0) is 0 Å². The highest BCUT2D eigenvalue weighted by Crippen LogP contribution is 2.54. The number of rotatable bonds is 2. The molecule has 2 fully saturated rings. The second kappa shape index (κ2) is 6.79. The maximum atomic E-state index is 9.95. The van der Waals surface area contributed by atoms with Crippen molar-refractivity contribution in [1.82, 2.24) is 4.90 Å². The summed E-state index contributed by atoms with van der Waals surface area (Å²) in [6.07, 6.45) is 0.793. The van der Waals surface area contributed by atoms with Crippen molar-refractivity contribution in [2.24, 2.45) is 23.2 Å². The number of methoxy groups -OCH3 is 1. The van der Waals surface area contributed by atoms with Crippen LogP contribution in [0.5, 0.6) is 5.75 Å². The molecule has 1 aromatic carbocycles. The molecule has 3 rings (SSSR count). The zero-order valence-corrected chi connectivity index (χ0v) is 14.9. The van der Waals surface area contributed by atoms with Gasteiger partial charge in [0.15, 0.2) is 5.41 Å². The Labute approximate surface area is 153 Å². The molecular formula is C20H21N5O. The Hall–Kier alpha value is -2.88. The molecule has 0 bridgehead atoms. The Balaban J connectivity index is 2.18. The number of hydrogen-bond donors (Lipinski definition) is 1. The zero-order chi connectivity index (χ0) is 18.9. The third kappa shape index (κ3) is 2.53. The molecule has 0 aromatic heterocycles. The van der Waals surface area contributed by atoms with E-state index < -0.39 is 17.3 Å². The largest absolute Gasteiger partial charge is 0.497 e. The van der Waals surface area contributed by atoms with Crippen LogP contribution in [0, 0.1) is 62.6 Å². The fourth-order valence-electron chi connectivity index (χ4n) is 4.64. The molecule has 132 valence electrons. The molecule has 1 saturated heterocycles. The molecule has 1 aliphatic carbocycles. The molecule has 1 saturated carbocycles. The number of ether oxygens (including phenoxy) is 1. The molecule has 2 aliphatic rings. The molecule has 26 heavy (non-hydrogen) atoms. The first-order valence-corrected chi connectivity index (χ1v) is 8.66. The highest BCUT2D eigenvalue weighted by molar-refractivity contribution is 5.98. The second-order valence-corrected chi connectivity index (χ2v) is 7.18. The minimum Gasteiger partial charge on any atom is -0.497 e. The van der Waals surface area contributed by atoms with Gasteiger partial charge in [0.25, 0.3) is 0 Å². The summed E-state index contributed by atoms with van der Waals surface area (Å²) in [4.78, 5) is 2.18. The molecule has 6 heteroatoms. The highest BCUT2D eigenvalue weighted by Gasteiger charge is 2.59. The van der Waals surface area contributed by atoms with E-state index in [9.17, 15) is 15.8 Å². The molecule has 1 aromatic rings. The van der Waals surface area contributed by atoms with Crippen molar-refractivity contribution in [3.05, 3.63) is 29.8 Å². The fourth-order valence-corrected chi connectivity index (χ4v) is 4.64. The van der Waals surface area contributed by atoms with Crippen LogP contribution in [0.4, 0.5) is 0 Å². The van der Waals surface area contributed by atoms with Gasteiger partial charge >= 0.3 is 0 Å². The standard InChI is InChI=1S/C20H21N5O/c1-25-8-7-15-16(9-21)19(24)20(11-22,12-23)18(17(15)10-25)13-3-5-14(26-2)6-4-13/h3-6,15-18,24H,7-8,10H2,1-2H3/t15-,16?,17+,18-/m0/s1. The van der Waals surface area contributed by atoms with Gasteiger partial charge in [0, 0.05) is 12.5 Å². The van der Waals surface area contributed by atoms with Crippen molar-refractivity contribution in [1.29, 1.82) is 21.2 Å². The number of benzene rings is 1. The van der Waals surface area contributed by atoms with Crippen molar-refractivity contribution >= 4 is 5.71 Å². The lowest BCUT2D eigenvalue weighted by Gasteiger charge is -2.51. The van der Waals surface area contributed by atoms with E-state index in [2.05, 4.69) is 23.1 Å².